The van der Waals surface area contributed by atoms with E-state index >= 15 is 0 Å². The number of rotatable bonds is 3. The van der Waals surface area contributed by atoms with Crippen molar-refractivity contribution < 1.29 is 9.90 Å². The van der Waals surface area contributed by atoms with Crippen LogP contribution in [0.1, 0.15) is 15.9 Å². The Morgan fingerprint density at radius 2 is 1.78 bits per heavy atom. The third-order valence-corrected chi connectivity index (χ3v) is 4.78. The Labute approximate surface area is 160 Å². The molecule has 0 saturated heterocycles. The van der Waals surface area contributed by atoms with Gasteiger partial charge in [-0.2, -0.15) is 0 Å². The average Bonchev–Trinajstić information content (AvgIpc) is 2.68. The lowest BCUT2D eigenvalue weighted by atomic mass is 9.97. The Hall–Kier alpha value is -3.31. The molecule has 0 unspecified atom stereocenters. The van der Waals surface area contributed by atoms with E-state index < -0.39 is 5.97 Å². The number of carboxylic acid groups (broad SMARTS) is 1. The summed E-state index contributed by atoms with van der Waals surface area (Å²) in [5, 5.41) is 10.7. The van der Waals surface area contributed by atoms with E-state index in [1.165, 1.54) is 0 Å². The second kappa shape index (κ2) is 6.78. The molecule has 0 amide bonds. The van der Waals surface area contributed by atoms with Crippen LogP contribution in [0.4, 0.5) is 0 Å². The molecule has 0 aliphatic heterocycles. The fraction of sp³-hybridized carbons (Fsp3) is 0.0476. The number of pyridine rings is 3. The number of halogens is 1. The van der Waals surface area contributed by atoms with Gasteiger partial charge < -0.3 is 5.11 Å². The first kappa shape index (κ1) is 17.1. The molecule has 132 valence electrons. The number of aromatic nitrogens is 3. The highest BCUT2D eigenvalue weighted by Crippen LogP contribution is 2.32. The minimum absolute atomic E-state index is 0.247. The maximum atomic E-state index is 11.8. The van der Waals surface area contributed by atoms with Gasteiger partial charge in [0.1, 0.15) is 5.15 Å². The molecular weight excluding hydrogens is 362 g/mol. The highest BCUT2D eigenvalue weighted by atomic mass is 35.5. The lowest BCUT2D eigenvalue weighted by Gasteiger charge is -2.12. The molecule has 5 nitrogen and oxygen atoms in total. The van der Waals surface area contributed by atoms with Crippen molar-refractivity contribution in [3.8, 4) is 22.4 Å². The maximum Gasteiger partial charge on any atom is 0.336 e. The first-order chi connectivity index (χ1) is 13.1. The van der Waals surface area contributed by atoms with Gasteiger partial charge >= 0.3 is 5.97 Å². The summed E-state index contributed by atoms with van der Waals surface area (Å²) in [6, 6.07) is 13.1. The summed E-state index contributed by atoms with van der Waals surface area (Å²) >= 11 is 6.17. The van der Waals surface area contributed by atoms with E-state index in [0.29, 0.717) is 27.3 Å². The van der Waals surface area contributed by atoms with Crippen molar-refractivity contribution in [2.75, 3.05) is 0 Å². The summed E-state index contributed by atoms with van der Waals surface area (Å²) in [6.07, 6.45) is 4.79. The van der Waals surface area contributed by atoms with Crippen LogP contribution >= 0.6 is 11.6 Å². The first-order valence-corrected chi connectivity index (χ1v) is 8.63. The van der Waals surface area contributed by atoms with Gasteiger partial charge in [-0.05, 0) is 36.2 Å². The van der Waals surface area contributed by atoms with Crippen LogP contribution in [0.25, 0.3) is 33.3 Å². The van der Waals surface area contributed by atoms with E-state index in [1.807, 2.05) is 36.4 Å². The molecule has 6 heteroatoms. The van der Waals surface area contributed by atoms with Gasteiger partial charge in [-0.1, -0.05) is 35.9 Å². The quantitative estimate of drug-likeness (QED) is 0.509. The van der Waals surface area contributed by atoms with Crippen LogP contribution < -0.4 is 0 Å². The lowest BCUT2D eigenvalue weighted by molar-refractivity contribution is 0.0698. The van der Waals surface area contributed by atoms with Crippen LogP contribution in [-0.2, 0) is 0 Å². The molecule has 0 radical (unpaired) electrons. The SMILES string of the molecule is Cc1c(-c2ccc(-c3cccnc3Cl)cc2)nc2cnccc2c1C(=O)O. The summed E-state index contributed by atoms with van der Waals surface area (Å²) in [5.74, 6) is -0.980. The Kier molecular flexibility index (Phi) is 4.30. The Morgan fingerprint density at radius 3 is 2.48 bits per heavy atom. The number of hydrogen-bond donors (Lipinski definition) is 1. The van der Waals surface area contributed by atoms with Gasteiger partial charge in [0.05, 0.1) is 23.0 Å². The van der Waals surface area contributed by atoms with Crippen LogP contribution in [0.2, 0.25) is 5.15 Å². The molecule has 3 aromatic heterocycles. The predicted molar refractivity (Wildman–Crippen MR) is 105 cm³/mol. The zero-order valence-corrected chi connectivity index (χ0v) is 15.1. The molecule has 4 aromatic rings. The third kappa shape index (κ3) is 3.02. The zero-order chi connectivity index (χ0) is 19.0. The number of carbonyl (C=O) groups is 1. The van der Waals surface area contributed by atoms with Crippen molar-refractivity contribution in [1.82, 2.24) is 15.0 Å². The van der Waals surface area contributed by atoms with Gasteiger partial charge in [-0.3, -0.25) is 4.98 Å². The van der Waals surface area contributed by atoms with E-state index in [1.54, 1.807) is 31.6 Å². The Balaban J connectivity index is 1.87. The molecule has 0 saturated carbocycles. The van der Waals surface area contributed by atoms with Crippen LogP contribution in [0.5, 0.6) is 0 Å². The fourth-order valence-electron chi connectivity index (χ4n) is 3.18. The van der Waals surface area contributed by atoms with Crippen LogP contribution in [0, 0.1) is 6.92 Å². The van der Waals surface area contributed by atoms with Crippen molar-refractivity contribution in [2.45, 2.75) is 6.92 Å². The van der Waals surface area contributed by atoms with Gasteiger partial charge in [0, 0.05) is 28.9 Å². The summed E-state index contributed by atoms with van der Waals surface area (Å²) in [6.45, 7) is 1.78. The van der Waals surface area contributed by atoms with Crippen molar-refractivity contribution >= 4 is 28.5 Å². The minimum Gasteiger partial charge on any atom is -0.478 e. The van der Waals surface area contributed by atoms with Crippen molar-refractivity contribution in [3.63, 3.8) is 0 Å². The second-order valence-electron chi connectivity index (χ2n) is 6.08. The number of nitrogens with zero attached hydrogens (tertiary/aromatic N) is 3. The van der Waals surface area contributed by atoms with Crippen molar-refractivity contribution in [1.29, 1.82) is 0 Å². The number of fused-ring (bicyclic) bond motifs is 1. The molecule has 0 fully saturated rings. The number of benzene rings is 1. The molecule has 0 bridgehead atoms. The van der Waals surface area contributed by atoms with Gasteiger partial charge in [0.15, 0.2) is 0 Å². The van der Waals surface area contributed by atoms with E-state index in [9.17, 15) is 9.90 Å². The highest BCUT2D eigenvalue weighted by Gasteiger charge is 2.18. The molecule has 3 heterocycles. The normalized spacial score (nSPS) is 10.9. The predicted octanol–water partition coefficient (Wildman–Crippen LogP) is 5.02. The third-order valence-electron chi connectivity index (χ3n) is 4.47. The number of hydrogen-bond acceptors (Lipinski definition) is 4. The summed E-state index contributed by atoms with van der Waals surface area (Å²) in [4.78, 5) is 24.6. The zero-order valence-electron chi connectivity index (χ0n) is 14.3. The standard InChI is InChI=1S/C21H14ClN3O2/c1-12-18(21(26)27)16-8-10-23-11-17(16)25-19(12)14-6-4-13(5-7-14)15-3-2-9-24-20(15)22/h2-11H,1H3,(H,26,27). The summed E-state index contributed by atoms with van der Waals surface area (Å²) in [7, 11) is 0. The van der Waals surface area contributed by atoms with Crippen molar-refractivity contribution in [3.05, 3.63) is 77.3 Å². The fourth-order valence-corrected chi connectivity index (χ4v) is 3.41. The lowest BCUT2D eigenvalue weighted by Crippen LogP contribution is -2.05. The van der Waals surface area contributed by atoms with E-state index in [4.69, 9.17) is 11.6 Å². The van der Waals surface area contributed by atoms with E-state index in [0.717, 1.165) is 16.7 Å². The molecular formula is C21H14ClN3O2. The minimum atomic E-state index is -0.980. The molecule has 0 aliphatic carbocycles. The molecule has 0 atom stereocenters. The number of aromatic carboxylic acids is 1. The molecule has 1 N–H and O–H groups in total. The maximum absolute atomic E-state index is 11.8. The van der Waals surface area contributed by atoms with Crippen LogP contribution in [0.3, 0.4) is 0 Å². The molecule has 0 spiro atoms. The average molecular weight is 376 g/mol. The molecule has 4 rings (SSSR count). The van der Waals surface area contributed by atoms with Crippen LogP contribution in [-0.4, -0.2) is 26.0 Å². The molecule has 1 aromatic carbocycles. The van der Waals surface area contributed by atoms with Crippen molar-refractivity contribution in [2.24, 2.45) is 0 Å². The number of carboxylic acids is 1. The monoisotopic (exact) mass is 375 g/mol. The smallest absolute Gasteiger partial charge is 0.336 e. The summed E-state index contributed by atoms with van der Waals surface area (Å²) < 4.78 is 0. The largest absolute Gasteiger partial charge is 0.478 e. The Morgan fingerprint density at radius 1 is 1.04 bits per heavy atom. The second-order valence-corrected chi connectivity index (χ2v) is 6.44. The summed E-state index contributed by atoms with van der Waals surface area (Å²) in [5.41, 5.74) is 4.63. The van der Waals surface area contributed by atoms with Gasteiger partial charge in [0.25, 0.3) is 0 Å². The molecule has 0 aliphatic rings. The Bertz CT molecular complexity index is 1170. The van der Waals surface area contributed by atoms with Gasteiger partial charge in [0.2, 0.25) is 0 Å². The van der Waals surface area contributed by atoms with Crippen LogP contribution in [0.15, 0.2) is 61.1 Å². The molecule has 27 heavy (non-hydrogen) atoms. The van der Waals surface area contributed by atoms with Gasteiger partial charge in [-0.15, -0.1) is 0 Å². The van der Waals surface area contributed by atoms with E-state index in [-0.39, 0.29) is 5.56 Å². The topological polar surface area (TPSA) is 76.0 Å². The van der Waals surface area contributed by atoms with Gasteiger partial charge in [-0.25, -0.2) is 14.8 Å². The first-order valence-electron chi connectivity index (χ1n) is 8.25. The van der Waals surface area contributed by atoms with E-state index in [2.05, 4.69) is 15.0 Å². The highest BCUT2D eigenvalue weighted by molar-refractivity contribution is 6.32.